The lowest BCUT2D eigenvalue weighted by Gasteiger charge is -2.42. The summed E-state index contributed by atoms with van der Waals surface area (Å²) in [7, 11) is 0. The van der Waals surface area contributed by atoms with Crippen molar-refractivity contribution in [1.82, 2.24) is 0 Å². The summed E-state index contributed by atoms with van der Waals surface area (Å²) in [5.41, 5.74) is 2.95. The Kier molecular flexibility index (Phi) is 3.53. The van der Waals surface area contributed by atoms with Gasteiger partial charge in [0.25, 0.3) is 0 Å². The molecule has 3 aliphatic rings. The summed E-state index contributed by atoms with van der Waals surface area (Å²) in [4.78, 5) is 37.3. The molecule has 1 aromatic rings. The van der Waals surface area contributed by atoms with Gasteiger partial charge in [0.15, 0.2) is 11.6 Å². The third-order valence-corrected chi connectivity index (χ3v) is 5.55. The molecule has 0 unspecified atom stereocenters. The van der Waals surface area contributed by atoms with Crippen molar-refractivity contribution < 1.29 is 19.1 Å². The van der Waals surface area contributed by atoms with Gasteiger partial charge in [-0.15, -0.1) is 0 Å². The van der Waals surface area contributed by atoms with Gasteiger partial charge in [-0.3, -0.25) is 14.4 Å². The van der Waals surface area contributed by atoms with E-state index in [-0.39, 0.29) is 23.5 Å². The van der Waals surface area contributed by atoms with Crippen LogP contribution in [0.1, 0.15) is 60.2 Å². The molecule has 0 aliphatic heterocycles. The van der Waals surface area contributed by atoms with E-state index in [1.54, 1.807) is 24.3 Å². The second-order valence-electron chi connectivity index (χ2n) is 7.39. The Bertz CT molecular complexity index is 874. The fourth-order valence-electron chi connectivity index (χ4n) is 4.51. The fourth-order valence-corrected chi connectivity index (χ4v) is 4.51. The van der Waals surface area contributed by atoms with E-state index in [1.165, 1.54) is 6.92 Å². The largest absolute Gasteiger partial charge is 0.459 e. The van der Waals surface area contributed by atoms with Crippen molar-refractivity contribution in [3.05, 3.63) is 58.2 Å². The zero-order valence-corrected chi connectivity index (χ0v) is 14.4. The van der Waals surface area contributed by atoms with Crippen LogP contribution in [0.3, 0.4) is 0 Å². The van der Waals surface area contributed by atoms with E-state index in [0.717, 1.165) is 12.0 Å². The molecule has 4 rings (SSSR count). The Labute approximate surface area is 146 Å². The minimum Gasteiger partial charge on any atom is -0.459 e. The monoisotopic (exact) mass is 336 g/mol. The van der Waals surface area contributed by atoms with E-state index in [2.05, 4.69) is 6.08 Å². The highest BCUT2D eigenvalue weighted by atomic mass is 16.6. The number of allylic oxidation sites excluding steroid dienone is 3. The Morgan fingerprint density at radius 2 is 1.84 bits per heavy atom. The summed E-state index contributed by atoms with van der Waals surface area (Å²) >= 11 is 0. The average molecular weight is 336 g/mol. The first-order chi connectivity index (χ1) is 11.9. The molecule has 1 aromatic carbocycles. The average Bonchev–Trinajstić information content (AvgIpc) is 2.57. The molecule has 1 fully saturated rings. The topological polar surface area (TPSA) is 60.4 Å². The van der Waals surface area contributed by atoms with Crippen molar-refractivity contribution in [3.8, 4) is 0 Å². The summed E-state index contributed by atoms with van der Waals surface area (Å²) in [5.74, 6) is -0.349. The number of ether oxygens (including phenoxy) is 1. The van der Waals surface area contributed by atoms with Gasteiger partial charge in [0.2, 0.25) is 0 Å². The first-order valence-corrected chi connectivity index (χ1v) is 8.69. The molecular weight excluding hydrogens is 316 g/mol. The Hall–Kier alpha value is -2.49. The number of ketones is 2. The predicted molar refractivity (Wildman–Crippen MR) is 92.3 cm³/mol. The Balaban J connectivity index is 1.70. The molecule has 0 bridgehead atoms. The van der Waals surface area contributed by atoms with Gasteiger partial charge in [0.1, 0.15) is 5.60 Å². The van der Waals surface area contributed by atoms with E-state index in [4.69, 9.17) is 4.74 Å². The van der Waals surface area contributed by atoms with Gasteiger partial charge >= 0.3 is 5.97 Å². The molecule has 3 aliphatic carbocycles. The number of Topliss-reactive ketones (excluding diaryl/α,β-unsaturated/α-hetero) is 2. The number of rotatable bonds is 1. The van der Waals surface area contributed by atoms with Gasteiger partial charge < -0.3 is 4.74 Å². The van der Waals surface area contributed by atoms with Crippen LogP contribution in [0.4, 0.5) is 0 Å². The maximum Gasteiger partial charge on any atom is 0.303 e. The van der Waals surface area contributed by atoms with Gasteiger partial charge in [-0.25, -0.2) is 0 Å². The second kappa shape index (κ2) is 5.51. The maximum absolute atomic E-state index is 13.1. The van der Waals surface area contributed by atoms with Gasteiger partial charge in [-0.2, -0.15) is 0 Å². The normalized spacial score (nSPS) is 27.9. The van der Waals surface area contributed by atoms with E-state index >= 15 is 0 Å². The quantitative estimate of drug-likeness (QED) is 0.578. The molecule has 0 N–H and O–H groups in total. The van der Waals surface area contributed by atoms with E-state index in [0.29, 0.717) is 41.5 Å². The van der Waals surface area contributed by atoms with Crippen LogP contribution in [0.5, 0.6) is 0 Å². The first kappa shape index (κ1) is 16.0. The number of hydrogen-bond acceptors (Lipinski definition) is 4. The molecule has 0 amide bonds. The summed E-state index contributed by atoms with van der Waals surface area (Å²) in [6.07, 6.45) is 4.57. The molecule has 0 aromatic heterocycles. The van der Waals surface area contributed by atoms with Crippen LogP contribution in [0.25, 0.3) is 0 Å². The molecule has 1 saturated carbocycles. The number of carbonyl (C=O) groups excluding carboxylic acids is 3. The zero-order chi connectivity index (χ0) is 17.8. The minimum absolute atomic E-state index is 0.0168. The Morgan fingerprint density at radius 3 is 2.52 bits per heavy atom. The molecular formula is C21H20O4. The van der Waals surface area contributed by atoms with Crippen LogP contribution in [-0.2, 0) is 9.53 Å². The second-order valence-corrected chi connectivity index (χ2v) is 7.39. The van der Waals surface area contributed by atoms with Crippen molar-refractivity contribution in [1.29, 1.82) is 0 Å². The SMILES string of the molecule is CC(=O)O[C@]1(C)CC[C@H]2C(=CCC3=C2C(=O)c2ccccc2C3=O)C1. The van der Waals surface area contributed by atoms with E-state index < -0.39 is 5.60 Å². The lowest BCUT2D eigenvalue weighted by atomic mass is 9.65. The van der Waals surface area contributed by atoms with E-state index in [1.807, 2.05) is 6.92 Å². The highest BCUT2D eigenvalue weighted by Gasteiger charge is 2.44. The number of esters is 1. The molecule has 0 radical (unpaired) electrons. The van der Waals surface area contributed by atoms with Crippen molar-refractivity contribution in [2.75, 3.05) is 0 Å². The van der Waals surface area contributed by atoms with Gasteiger partial charge in [0.05, 0.1) is 0 Å². The van der Waals surface area contributed by atoms with Crippen molar-refractivity contribution in [2.24, 2.45) is 5.92 Å². The molecule has 0 spiro atoms. The lowest BCUT2D eigenvalue weighted by molar-refractivity contribution is -0.157. The van der Waals surface area contributed by atoms with Crippen molar-refractivity contribution in [2.45, 2.75) is 45.1 Å². The first-order valence-electron chi connectivity index (χ1n) is 8.69. The van der Waals surface area contributed by atoms with Crippen molar-refractivity contribution >= 4 is 17.5 Å². The summed E-state index contributed by atoms with van der Waals surface area (Å²) in [5, 5.41) is 0. The highest BCUT2D eigenvalue weighted by molar-refractivity contribution is 6.27. The third kappa shape index (κ3) is 2.48. The molecule has 128 valence electrons. The van der Waals surface area contributed by atoms with Crippen LogP contribution in [0.15, 0.2) is 47.1 Å². The molecule has 2 atom stereocenters. The number of benzene rings is 1. The zero-order valence-electron chi connectivity index (χ0n) is 14.4. The number of fused-ring (bicyclic) bond motifs is 3. The molecule has 0 heterocycles. The summed E-state index contributed by atoms with van der Waals surface area (Å²) in [6, 6.07) is 7.07. The Morgan fingerprint density at radius 1 is 1.16 bits per heavy atom. The van der Waals surface area contributed by atoms with E-state index in [9.17, 15) is 14.4 Å². The third-order valence-electron chi connectivity index (χ3n) is 5.55. The molecule has 25 heavy (non-hydrogen) atoms. The molecule has 0 saturated heterocycles. The van der Waals surface area contributed by atoms with Crippen LogP contribution >= 0.6 is 0 Å². The predicted octanol–water partition coefficient (Wildman–Crippen LogP) is 3.81. The lowest BCUT2D eigenvalue weighted by Crippen LogP contribution is -2.40. The summed E-state index contributed by atoms with van der Waals surface area (Å²) in [6.45, 7) is 3.37. The molecule has 4 nitrogen and oxygen atoms in total. The van der Waals surface area contributed by atoms with Gasteiger partial charge in [0, 0.05) is 41.5 Å². The van der Waals surface area contributed by atoms with Crippen LogP contribution in [0, 0.1) is 5.92 Å². The minimum atomic E-state index is -0.522. The standard InChI is InChI=1S/C21H20O4/c1-12(22)25-21(2)10-9-14-13(11-21)7-8-17-18(14)20(24)16-6-4-3-5-15(16)19(17)23/h3-7,14H,8-11H2,1-2H3/t14-,21+/m0/s1. The number of carbonyl (C=O) groups is 3. The van der Waals surface area contributed by atoms with Crippen LogP contribution in [-0.4, -0.2) is 23.1 Å². The molecule has 4 heteroatoms. The maximum atomic E-state index is 13.1. The summed E-state index contributed by atoms with van der Waals surface area (Å²) < 4.78 is 5.52. The fraction of sp³-hybridized carbons (Fsp3) is 0.381. The highest BCUT2D eigenvalue weighted by Crippen LogP contribution is 2.47. The van der Waals surface area contributed by atoms with Gasteiger partial charge in [-0.1, -0.05) is 35.9 Å². The van der Waals surface area contributed by atoms with Crippen molar-refractivity contribution in [3.63, 3.8) is 0 Å². The smallest absolute Gasteiger partial charge is 0.303 e. The van der Waals surface area contributed by atoms with Gasteiger partial charge in [-0.05, 0) is 26.2 Å². The number of hydrogen-bond donors (Lipinski definition) is 0. The van der Waals surface area contributed by atoms with Crippen LogP contribution < -0.4 is 0 Å². The van der Waals surface area contributed by atoms with Crippen LogP contribution in [0.2, 0.25) is 0 Å².